The molecule has 17 heavy (non-hydrogen) atoms. The summed E-state index contributed by atoms with van der Waals surface area (Å²) in [6.45, 7) is -0.114. The van der Waals surface area contributed by atoms with E-state index in [0.717, 1.165) is 15.7 Å². The molecule has 1 aromatic carbocycles. The highest BCUT2D eigenvalue weighted by atomic mass is 79.9. The summed E-state index contributed by atoms with van der Waals surface area (Å²) in [6.07, 6.45) is 0.649. The summed E-state index contributed by atoms with van der Waals surface area (Å²) in [5.41, 5.74) is 2.38. The molecule has 4 heteroatoms. The van der Waals surface area contributed by atoms with Gasteiger partial charge in [0.2, 0.25) is 5.56 Å². The monoisotopic (exact) mass is 293 g/mol. The molecule has 88 valence electrons. The topological polar surface area (TPSA) is 53.1 Å². The van der Waals surface area contributed by atoms with E-state index >= 15 is 0 Å². The minimum atomic E-state index is -0.177. The zero-order valence-electron chi connectivity index (χ0n) is 9.11. The maximum absolute atomic E-state index is 11.3. The largest absolute Gasteiger partial charge is 0.392 e. The Morgan fingerprint density at radius 1 is 1.12 bits per heavy atom. The van der Waals surface area contributed by atoms with Crippen LogP contribution < -0.4 is 5.56 Å². The number of aliphatic hydroxyl groups is 1. The fourth-order valence-corrected chi connectivity index (χ4v) is 1.94. The van der Waals surface area contributed by atoms with Crippen LogP contribution in [0, 0.1) is 0 Å². The number of nitrogens with one attached hydrogen (secondary N) is 1. The normalized spacial score (nSPS) is 10.5. The number of hydrogen-bond acceptors (Lipinski definition) is 2. The molecule has 0 radical (unpaired) electrons. The van der Waals surface area contributed by atoms with Crippen molar-refractivity contribution in [2.45, 2.75) is 13.0 Å². The lowest BCUT2D eigenvalue weighted by atomic mass is 10.1. The molecule has 0 atom stereocenters. The molecule has 0 spiro atoms. The second-order valence-electron chi connectivity index (χ2n) is 3.84. The summed E-state index contributed by atoms with van der Waals surface area (Å²) in [7, 11) is 0. The quantitative estimate of drug-likeness (QED) is 0.912. The zero-order valence-corrected chi connectivity index (χ0v) is 10.7. The second-order valence-corrected chi connectivity index (χ2v) is 4.76. The number of aromatic nitrogens is 1. The van der Waals surface area contributed by atoms with Crippen LogP contribution in [0.15, 0.2) is 45.7 Å². The van der Waals surface area contributed by atoms with Gasteiger partial charge in [0, 0.05) is 22.7 Å². The van der Waals surface area contributed by atoms with Crippen LogP contribution in [0.25, 0.3) is 0 Å². The third-order valence-corrected chi connectivity index (χ3v) is 2.98. The van der Waals surface area contributed by atoms with Gasteiger partial charge in [0.25, 0.3) is 0 Å². The molecule has 0 amide bonds. The Morgan fingerprint density at radius 3 is 2.47 bits per heavy atom. The summed E-state index contributed by atoms with van der Waals surface area (Å²) in [4.78, 5) is 14.1. The van der Waals surface area contributed by atoms with Crippen LogP contribution >= 0.6 is 15.9 Å². The molecule has 2 aromatic rings. The maximum Gasteiger partial charge on any atom is 0.248 e. The molecular weight excluding hydrogens is 282 g/mol. The van der Waals surface area contributed by atoms with Gasteiger partial charge in [-0.15, -0.1) is 0 Å². The van der Waals surface area contributed by atoms with E-state index < -0.39 is 0 Å². The van der Waals surface area contributed by atoms with Gasteiger partial charge in [-0.3, -0.25) is 4.79 Å². The Hall–Kier alpha value is -1.39. The molecule has 1 aromatic heterocycles. The predicted octanol–water partition coefficient (Wildman–Crippen LogP) is 2.22. The van der Waals surface area contributed by atoms with Crippen molar-refractivity contribution in [3.63, 3.8) is 0 Å². The fourth-order valence-electron chi connectivity index (χ4n) is 1.67. The SMILES string of the molecule is O=c1cc(CO)cc(Cc2ccc(Br)cc2)[nH]1. The summed E-state index contributed by atoms with van der Waals surface area (Å²) < 4.78 is 1.03. The van der Waals surface area contributed by atoms with Crippen LogP contribution in [0.4, 0.5) is 0 Å². The molecule has 0 fully saturated rings. The highest BCUT2D eigenvalue weighted by Gasteiger charge is 2.00. The molecule has 2 rings (SSSR count). The van der Waals surface area contributed by atoms with Gasteiger partial charge in [0.1, 0.15) is 0 Å². The minimum absolute atomic E-state index is 0.114. The van der Waals surface area contributed by atoms with Crippen LogP contribution in [-0.2, 0) is 13.0 Å². The molecule has 2 N–H and O–H groups in total. The van der Waals surface area contributed by atoms with Crippen molar-refractivity contribution >= 4 is 15.9 Å². The van der Waals surface area contributed by atoms with Gasteiger partial charge in [0.05, 0.1) is 6.61 Å². The van der Waals surface area contributed by atoms with Gasteiger partial charge in [-0.25, -0.2) is 0 Å². The number of halogens is 1. The Kier molecular flexibility index (Phi) is 3.76. The lowest BCUT2D eigenvalue weighted by Crippen LogP contribution is -2.09. The smallest absolute Gasteiger partial charge is 0.248 e. The van der Waals surface area contributed by atoms with Crippen LogP contribution in [0.5, 0.6) is 0 Å². The summed E-state index contributed by atoms with van der Waals surface area (Å²) >= 11 is 3.37. The second kappa shape index (κ2) is 5.29. The van der Waals surface area contributed by atoms with Crippen LogP contribution in [0.2, 0.25) is 0 Å². The van der Waals surface area contributed by atoms with E-state index in [-0.39, 0.29) is 12.2 Å². The van der Waals surface area contributed by atoms with E-state index in [4.69, 9.17) is 5.11 Å². The molecule has 0 saturated carbocycles. The van der Waals surface area contributed by atoms with Crippen molar-refractivity contribution in [1.82, 2.24) is 4.98 Å². The first-order valence-corrected chi connectivity index (χ1v) is 6.04. The maximum atomic E-state index is 11.3. The molecule has 3 nitrogen and oxygen atoms in total. The van der Waals surface area contributed by atoms with Crippen molar-refractivity contribution < 1.29 is 5.11 Å². The molecule has 0 bridgehead atoms. The molecule has 0 saturated heterocycles. The Labute approximate surface area is 107 Å². The summed E-state index contributed by atoms with van der Waals surface area (Å²) in [6, 6.07) is 11.1. The van der Waals surface area contributed by atoms with Crippen molar-refractivity contribution in [3.8, 4) is 0 Å². The number of aromatic amines is 1. The highest BCUT2D eigenvalue weighted by Crippen LogP contribution is 2.13. The lowest BCUT2D eigenvalue weighted by molar-refractivity contribution is 0.281. The van der Waals surface area contributed by atoms with Crippen molar-refractivity contribution in [3.05, 3.63) is 68.0 Å². The van der Waals surface area contributed by atoms with E-state index in [2.05, 4.69) is 20.9 Å². The van der Waals surface area contributed by atoms with Gasteiger partial charge in [-0.2, -0.15) is 0 Å². The van der Waals surface area contributed by atoms with Crippen LogP contribution in [0.3, 0.4) is 0 Å². The molecule has 0 unspecified atom stereocenters. The molecule has 1 heterocycles. The van der Waals surface area contributed by atoms with Gasteiger partial charge >= 0.3 is 0 Å². The van der Waals surface area contributed by atoms with E-state index in [1.807, 2.05) is 30.3 Å². The van der Waals surface area contributed by atoms with Crippen molar-refractivity contribution in [1.29, 1.82) is 0 Å². The molecular formula is C13H12BrNO2. The minimum Gasteiger partial charge on any atom is -0.392 e. The van der Waals surface area contributed by atoms with E-state index in [0.29, 0.717) is 12.0 Å². The van der Waals surface area contributed by atoms with Gasteiger partial charge in [-0.05, 0) is 29.3 Å². The van der Waals surface area contributed by atoms with Gasteiger partial charge in [0.15, 0.2) is 0 Å². The molecule has 0 aliphatic heterocycles. The number of benzene rings is 1. The lowest BCUT2D eigenvalue weighted by Gasteiger charge is -2.04. The Balaban J connectivity index is 2.26. The van der Waals surface area contributed by atoms with E-state index in [9.17, 15) is 4.79 Å². The Morgan fingerprint density at radius 2 is 1.82 bits per heavy atom. The predicted molar refractivity (Wildman–Crippen MR) is 69.9 cm³/mol. The summed E-state index contributed by atoms with van der Waals surface area (Å²) in [5.74, 6) is 0. The average molecular weight is 294 g/mol. The first-order valence-electron chi connectivity index (χ1n) is 5.25. The van der Waals surface area contributed by atoms with Crippen LogP contribution in [-0.4, -0.2) is 10.1 Å². The number of pyridine rings is 1. The Bertz CT molecular complexity index is 560. The molecule has 0 aliphatic rings. The average Bonchev–Trinajstić information content (AvgIpc) is 2.31. The number of rotatable bonds is 3. The first kappa shape index (κ1) is 12.1. The van der Waals surface area contributed by atoms with E-state index in [1.165, 1.54) is 6.07 Å². The summed E-state index contributed by atoms with van der Waals surface area (Å²) in [5, 5.41) is 9.03. The zero-order chi connectivity index (χ0) is 12.3. The number of aliphatic hydroxyl groups excluding tert-OH is 1. The van der Waals surface area contributed by atoms with Crippen molar-refractivity contribution in [2.75, 3.05) is 0 Å². The third kappa shape index (κ3) is 3.28. The van der Waals surface area contributed by atoms with Gasteiger partial charge < -0.3 is 10.1 Å². The standard InChI is InChI=1S/C13H12BrNO2/c14-11-3-1-9(2-4-11)5-12-6-10(8-16)7-13(17)15-12/h1-4,6-7,16H,5,8H2,(H,15,17). The highest BCUT2D eigenvalue weighted by molar-refractivity contribution is 9.10. The van der Waals surface area contributed by atoms with Crippen LogP contribution in [0.1, 0.15) is 16.8 Å². The molecule has 0 aliphatic carbocycles. The van der Waals surface area contributed by atoms with Crippen molar-refractivity contribution in [2.24, 2.45) is 0 Å². The number of H-pyrrole nitrogens is 1. The van der Waals surface area contributed by atoms with Gasteiger partial charge in [-0.1, -0.05) is 28.1 Å². The number of hydrogen-bond donors (Lipinski definition) is 2. The third-order valence-electron chi connectivity index (χ3n) is 2.45. The van der Waals surface area contributed by atoms with E-state index in [1.54, 1.807) is 0 Å². The first-order chi connectivity index (χ1) is 8.17. The fraction of sp³-hybridized carbons (Fsp3) is 0.154.